The number of likely N-dealkylation sites (N-methyl/N-ethyl adjacent to an activating group) is 1. The molecule has 5 nitrogen and oxygen atoms in total. The number of aromatic nitrogens is 2. The van der Waals surface area contributed by atoms with Crippen LogP contribution in [0.2, 0.25) is 0 Å². The summed E-state index contributed by atoms with van der Waals surface area (Å²) in [6.07, 6.45) is 0.831. The Morgan fingerprint density at radius 2 is 1.79 bits per heavy atom. The quantitative estimate of drug-likeness (QED) is 0.726. The first-order valence-electron chi connectivity index (χ1n) is 8.45. The molecule has 1 aromatic carbocycles. The van der Waals surface area contributed by atoms with E-state index in [1.165, 1.54) is 0 Å². The van der Waals surface area contributed by atoms with Gasteiger partial charge in [0.2, 0.25) is 0 Å². The van der Waals surface area contributed by atoms with Gasteiger partial charge in [0.1, 0.15) is 16.9 Å². The van der Waals surface area contributed by atoms with Gasteiger partial charge in [0.15, 0.2) is 11.4 Å². The van der Waals surface area contributed by atoms with E-state index in [0.29, 0.717) is 0 Å². The summed E-state index contributed by atoms with van der Waals surface area (Å²) in [6, 6.07) is 8.11. The van der Waals surface area contributed by atoms with Crippen molar-refractivity contribution in [2.24, 2.45) is 0 Å². The molecule has 3 aromatic rings. The maximum atomic E-state index is 6.11. The molecule has 128 valence electrons. The van der Waals surface area contributed by atoms with Crippen LogP contribution < -0.4 is 4.90 Å². The molecule has 0 spiro atoms. The van der Waals surface area contributed by atoms with E-state index < -0.39 is 0 Å². The smallest absolute Gasteiger partial charge is 0.196 e. The third-order valence-electron chi connectivity index (χ3n) is 4.68. The lowest BCUT2D eigenvalue weighted by Crippen LogP contribution is -2.46. The van der Waals surface area contributed by atoms with Gasteiger partial charge in [-0.3, -0.25) is 0 Å². The summed E-state index contributed by atoms with van der Waals surface area (Å²) < 4.78 is 6.11. The van der Waals surface area contributed by atoms with E-state index >= 15 is 0 Å². The standard InChI is InChI=1S/C18H22N4O.ClH/c1-3-15-19-16-13-7-5-6-8-14(13)23-17(16)18(20-15)22-11-9-21(4-2)10-12-22;/h5-8H,3-4,9-12H2,1-2H3;1H. The van der Waals surface area contributed by atoms with Gasteiger partial charge in [-0.1, -0.05) is 26.0 Å². The maximum absolute atomic E-state index is 6.11. The molecule has 0 radical (unpaired) electrons. The van der Waals surface area contributed by atoms with E-state index in [1.807, 2.05) is 18.2 Å². The third-order valence-corrected chi connectivity index (χ3v) is 4.68. The van der Waals surface area contributed by atoms with Gasteiger partial charge in [-0.15, -0.1) is 12.4 Å². The molecule has 0 atom stereocenters. The van der Waals surface area contributed by atoms with Crippen molar-refractivity contribution in [2.75, 3.05) is 37.6 Å². The van der Waals surface area contributed by atoms with Crippen molar-refractivity contribution in [1.82, 2.24) is 14.9 Å². The highest BCUT2D eigenvalue weighted by Crippen LogP contribution is 2.33. The summed E-state index contributed by atoms with van der Waals surface area (Å²) in [5.41, 5.74) is 2.66. The van der Waals surface area contributed by atoms with Crippen LogP contribution in [0.3, 0.4) is 0 Å². The average Bonchev–Trinajstić information content (AvgIpc) is 2.99. The van der Waals surface area contributed by atoms with Crippen LogP contribution in [0.1, 0.15) is 19.7 Å². The third kappa shape index (κ3) is 2.82. The number of piperazine rings is 1. The van der Waals surface area contributed by atoms with E-state index in [4.69, 9.17) is 14.4 Å². The SMILES string of the molecule is CCc1nc(N2CCN(CC)CC2)c2oc3ccccc3c2n1.Cl. The number of rotatable bonds is 3. The van der Waals surface area contributed by atoms with Crippen molar-refractivity contribution in [3.63, 3.8) is 0 Å². The molecule has 0 N–H and O–H groups in total. The lowest BCUT2D eigenvalue weighted by molar-refractivity contribution is 0.270. The van der Waals surface area contributed by atoms with E-state index in [1.54, 1.807) is 0 Å². The molecule has 0 saturated carbocycles. The Kier molecular flexibility index (Phi) is 4.92. The fourth-order valence-corrected chi connectivity index (χ4v) is 3.27. The van der Waals surface area contributed by atoms with Crippen molar-refractivity contribution in [3.05, 3.63) is 30.1 Å². The number of benzene rings is 1. The summed E-state index contributed by atoms with van der Waals surface area (Å²) in [6.45, 7) is 9.54. The highest BCUT2D eigenvalue weighted by molar-refractivity contribution is 6.05. The zero-order valence-corrected chi connectivity index (χ0v) is 15.0. The molecule has 4 rings (SSSR count). The fourth-order valence-electron chi connectivity index (χ4n) is 3.27. The summed E-state index contributed by atoms with van der Waals surface area (Å²) >= 11 is 0. The number of fused-ring (bicyclic) bond motifs is 3. The predicted octanol–water partition coefficient (Wildman–Crippen LogP) is 3.50. The molecule has 2 aromatic heterocycles. The van der Waals surface area contributed by atoms with E-state index in [9.17, 15) is 0 Å². The summed E-state index contributed by atoms with van der Waals surface area (Å²) in [4.78, 5) is 14.3. The topological polar surface area (TPSA) is 45.4 Å². The van der Waals surface area contributed by atoms with Crippen LogP contribution in [-0.4, -0.2) is 47.6 Å². The predicted molar refractivity (Wildman–Crippen MR) is 100 cm³/mol. The minimum Gasteiger partial charge on any atom is -0.450 e. The molecule has 6 heteroatoms. The minimum absolute atomic E-state index is 0. The van der Waals surface area contributed by atoms with Crippen LogP contribution in [-0.2, 0) is 6.42 Å². The van der Waals surface area contributed by atoms with Crippen molar-refractivity contribution >= 4 is 40.3 Å². The zero-order chi connectivity index (χ0) is 15.8. The second kappa shape index (κ2) is 6.95. The molecular formula is C18H23ClN4O. The van der Waals surface area contributed by atoms with Crippen molar-refractivity contribution in [2.45, 2.75) is 20.3 Å². The summed E-state index contributed by atoms with van der Waals surface area (Å²) in [5.74, 6) is 1.84. The van der Waals surface area contributed by atoms with E-state index in [2.05, 4.69) is 29.7 Å². The summed E-state index contributed by atoms with van der Waals surface area (Å²) in [7, 11) is 0. The molecular weight excluding hydrogens is 324 g/mol. The molecule has 0 bridgehead atoms. The number of halogens is 1. The average molecular weight is 347 g/mol. The molecule has 3 heterocycles. The lowest BCUT2D eigenvalue weighted by atomic mass is 10.2. The van der Waals surface area contributed by atoms with Gasteiger partial charge in [-0.2, -0.15) is 0 Å². The number of aryl methyl sites for hydroxylation is 1. The van der Waals surface area contributed by atoms with E-state index in [-0.39, 0.29) is 12.4 Å². The highest BCUT2D eigenvalue weighted by atomic mass is 35.5. The molecule has 1 saturated heterocycles. The Hall–Kier alpha value is -1.85. The Labute approximate surface area is 148 Å². The first-order valence-corrected chi connectivity index (χ1v) is 8.45. The number of anilines is 1. The van der Waals surface area contributed by atoms with Crippen LogP contribution in [0.5, 0.6) is 0 Å². The number of nitrogens with zero attached hydrogens (tertiary/aromatic N) is 4. The Morgan fingerprint density at radius 3 is 2.50 bits per heavy atom. The molecule has 0 amide bonds. The molecule has 0 unspecified atom stereocenters. The molecule has 0 aliphatic carbocycles. The molecule has 1 fully saturated rings. The number of furan rings is 1. The molecule has 24 heavy (non-hydrogen) atoms. The lowest BCUT2D eigenvalue weighted by Gasteiger charge is -2.34. The first-order chi connectivity index (χ1) is 11.3. The second-order valence-electron chi connectivity index (χ2n) is 6.01. The van der Waals surface area contributed by atoms with Crippen LogP contribution in [0.25, 0.3) is 22.1 Å². The van der Waals surface area contributed by atoms with Crippen LogP contribution >= 0.6 is 12.4 Å². The largest absolute Gasteiger partial charge is 0.450 e. The van der Waals surface area contributed by atoms with Gasteiger partial charge >= 0.3 is 0 Å². The Balaban J connectivity index is 0.00000169. The number of hydrogen-bond acceptors (Lipinski definition) is 5. The van der Waals surface area contributed by atoms with Gasteiger partial charge in [0, 0.05) is 38.0 Å². The summed E-state index contributed by atoms with van der Waals surface area (Å²) in [5, 5.41) is 1.08. The van der Waals surface area contributed by atoms with Crippen molar-refractivity contribution in [3.8, 4) is 0 Å². The number of hydrogen-bond donors (Lipinski definition) is 0. The van der Waals surface area contributed by atoms with Crippen molar-refractivity contribution in [1.29, 1.82) is 0 Å². The van der Waals surface area contributed by atoms with Crippen LogP contribution in [0.4, 0.5) is 5.82 Å². The van der Waals surface area contributed by atoms with Crippen molar-refractivity contribution < 1.29 is 4.42 Å². The fraction of sp³-hybridized carbons (Fsp3) is 0.444. The highest BCUT2D eigenvalue weighted by Gasteiger charge is 2.23. The second-order valence-corrected chi connectivity index (χ2v) is 6.01. The van der Waals surface area contributed by atoms with Gasteiger partial charge in [0.25, 0.3) is 0 Å². The van der Waals surface area contributed by atoms with Gasteiger partial charge in [-0.05, 0) is 18.7 Å². The monoisotopic (exact) mass is 346 g/mol. The number of para-hydroxylation sites is 1. The minimum atomic E-state index is 0. The first kappa shape index (κ1) is 17.0. The Bertz CT molecular complexity index is 840. The van der Waals surface area contributed by atoms with Gasteiger partial charge in [-0.25, -0.2) is 9.97 Å². The zero-order valence-electron chi connectivity index (χ0n) is 14.2. The van der Waals surface area contributed by atoms with E-state index in [0.717, 1.165) is 72.9 Å². The van der Waals surface area contributed by atoms with Crippen LogP contribution in [0.15, 0.2) is 28.7 Å². The molecule has 1 aliphatic rings. The normalized spacial score (nSPS) is 15.8. The molecule has 1 aliphatic heterocycles. The van der Waals surface area contributed by atoms with Crippen LogP contribution in [0, 0.1) is 0 Å². The Morgan fingerprint density at radius 1 is 1.04 bits per heavy atom. The van der Waals surface area contributed by atoms with Gasteiger partial charge < -0.3 is 14.2 Å². The van der Waals surface area contributed by atoms with Gasteiger partial charge in [0.05, 0.1) is 0 Å². The maximum Gasteiger partial charge on any atom is 0.196 e.